The molecule has 19 heavy (non-hydrogen) atoms. The molecule has 2 aromatic rings. The predicted molar refractivity (Wildman–Crippen MR) is 68.6 cm³/mol. The van der Waals surface area contributed by atoms with E-state index < -0.39 is 11.9 Å². The maximum absolute atomic E-state index is 11.0. The van der Waals surface area contributed by atoms with E-state index in [0.717, 1.165) is 0 Å². The zero-order valence-corrected chi connectivity index (χ0v) is 10.3. The number of hydrogen-bond donors (Lipinski definition) is 2. The van der Waals surface area contributed by atoms with Crippen molar-refractivity contribution in [2.75, 3.05) is 0 Å². The second kappa shape index (κ2) is 5.07. The van der Waals surface area contributed by atoms with Crippen LogP contribution in [0.4, 0.5) is 0 Å². The van der Waals surface area contributed by atoms with Gasteiger partial charge in [0.25, 0.3) is 0 Å². The highest BCUT2D eigenvalue weighted by molar-refractivity contribution is 6.33. The molecule has 0 aliphatic rings. The van der Waals surface area contributed by atoms with Crippen molar-refractivity contribution in [3.63, 3.8) is 0 Å². The molecule has 0 unspecified atom stereocenters. The van der Waals surface area contributed by atoms with E-state index in [0.29, 0.717) is 11.1 Å². The minimum Gasteiger partial charge on any atom is -0.478 e. The molecule has 0 fully saturated rings. The van der Waals surface area contributed by atoms with Crippen LogP contribution >= 0.6 is 11.6 Å². The highest BCUT2D eigenvalue weighted by atomic mass is 35.5. The normalized spacial score (nSPS) is 10.2. The number of halogens is 1. The van der Waals surface area contributed by atoms with Crippen LogP contribution in [-0.2, 0) is 0 Å². The number of carboxylic acid groups (broad SMARTS) is 2. The zero-order valence-electron chi connectivity index (χ0n) is 9.50. The first-order chi connectivity index (χ1) is 8.99. The van der Waals surface area contributed by atoms with E-state index in [4.69, 9.17) is 21.8 Å². The summed E-state index contributed by atoms with van der Waals surface area (Å²) >= 11 is 5.77. The van der Waals surface area contributed by atoms with Crippen molar-refractivity contribution in [1.29, 1.82) is 0 Å². The number of pyridine rings is 1. The predicted octanol–water partition coefficient (Wildman–Crippen LogP) is 2.80. The zero-order chi connectivity index (χ0) is 14.0. The minimum absolute atomic E-state index is 0.0125. The van der Waals surface area contributed by atoms with Gasteiger partial charge in [0.1, 0.15) is 5.69 Å². The van der Waals surface area contributed by atoms with Crippen LogP contribution in [0, 0.1) is 0 Å². The van der Waals surface area contributed by atoms with Gasteiger partial charge in [-0.2, -0.15) is 0 Å². The van der Waals surface area contributed by atoms with Crippen molar-refractivity contribution in [1.82, 2.24) is 4.98 Å². The van der Waals surface area contributed by atoms with Gasteiger partial charge in [0.05, 0.1) is 10.6 Å². The van der Waals surface area contributed by atoms with Gasteiger partial charge in [-0.1, -0.05) is 23.7 Å². The molecule has 0 saturated carbocycles. The van der Waals surface area contributed by atoms with Crippen molar-refractivity contribution in [2.45, 2.75) is 0 Å². The molecule has 0 aliphatic heterocycles. The standard InChI is InChI=1S/C13H8ClNO4/c14-10-3-1-7(5-9(10)12(16)17)8-2-4-11(13(18)19)15-6-8/h1-6H,(H,16,17)(H,18,19). The Balaban J connectivity index is 2.44. The number of aromatic carboxylic acids is 2. The average molecular weight is 278 g/mol. The van der Waals surface area contributed by atoms with Crippen LogP contribution in [0.1, 0.15) is 20.8 Å². The molecular formula is C13H8ClNO4. The van der Waals surface area contributed by atoms with Crippen LogP contribution in [0.3, 0.4) is 0 Å². The molecule has 0 bridgehead atoms. The molecule has 1 aromatic heterocycles. The average Bonchev–Trinajstić information content (AvgIpc) is 2.39. The first-order valence-electron chi connectivity index (χ1n) is 5.21. The second-order valence-electron chi connectivity index (χ2n) is 3.74. The lowest BCUT2D eigenvalue weighted by Gasteiger charge is -2.05. The summed E-state index contributed by atoms with van der Waals surface area (Å²) in [5.74, 6) is -2.24. The smallest absolute Gasteiger partial charge is 0.354 e. The Morgan fingerprint density at radius 2 is 1.68 bits per heavy atom. The van der Waals surface area contributed by atoms with Crippen molar-refractivity contribution < 1.29 is 19.8 Å². The molecule has 0 atom stereocenters. The number of nitrogens with zero attached hydrogens (tertiary/aromatic N) is 1. The molecular weight excluding hydrogens is 270 g/mol. The second-order valence-corrected chi connectivity index (χ2v) is 4.14. The lowest BCUT2D eigenvalue weighted by molar-refractivity contribution is 0.0682. The summed E-state index contributed by atoms with van der Waals surface area (Å²) in [5.41, 5.74) is 1.13. The largest absolute Gasteiger partial charge is 0.478 e. The fourth-order valence-corrected chi connectivity index (χ4v) is 1.76. The van der Waals surface area contributed by atoms with Gasteiger partial charge < -0.3 is 10.2 Å². The number of carbonyl (C=O) groups is 2. The number of aromatic nitrogens is 1. The summed E-state index contributed by atoms with van der Waals surface area (Å²) in [7, 11) is 0. The highest BCUT2D eigenvalue weighted by Crippen LogP contribution is 2.25. The number of rotatable bonds is 3. The summed E-state index contributed by atoms with van der Waals surface area (Å²) in [5, 5.41) is 17.9. The molecule has 2 rings (SSSR count). The van der Waals surface area contributed by atoms with Gasteiger partial charge in [0.2, 0.25) is 0 Å². The summed E-state index contributed by atoms with van der Waals surface area (Å²) in [6, 6.07) is 7.46. The van der Waals surface area contributed by atoms with E-state index >= 15 is 0 Å². The highest BCUT2D eigenvalue weighted by Gasteiger charge is 2.11. The van der Waals surface area contributed by atoms with Gasteiger partial charge in [0, 0.05) is 11.8 Å². The molecule has 1 aromatic carbocycles. The van der Waals surface area contributed by atoms with Crippen molar-refractivity contribution in [3.8, 4) is 11.1 Å². The Morgan fingerprint density at radius 3 is 2.21 bits per heavy atom. The minimum atomic E-state index is -1.12. The van der Waals surface area contributed by atoms with Crippen LogP contribution in [-0.4, -0.2) is 27.1 Å². The van der Waals surface area contributed by atoms with Crippen molar-refractivity contribution >= 4 is 23.5 Å². The molecule has 2 N–H and O–H groups in total. The monoisotopic (exact) mass is 277 g/mol. The summed E-state index contributed by atoms with van der Waals surface area (Å²) < 4.78 is 0. The van der Waals surface area contributed by atoms with E-state index in [9.17, 15) is 9.59 Å². The third kappa shape index (κ3) is 2.71. The first-order valence-corrected chi connectivity index (χ1v) is 5.59. The fraction of sp³-hybridized carbons (Fsp3) is 0. The number of carboxylic acids is 2. The van der Waals surface area contributed by atoms with Crippen LogP contribution in [0.2, 0.25) is 5.02 Å². The molecule has 96 valence electrons. The van der Waals surface area contributed by atoms with Crippen molar-refractivity contribution in [2.24, 2.45) is 0 Å². The van der Waals surface area contributed by atoms with E-state index in [1.54, 1.807) is 12.1 Å². The first kappa shape index (κ1) is 13.0. The summed E-state index contributed by atoms with van der Waals surface area (Å²) in [4.78, 5) is 25.4. The number of hydrogen-bond acceptors (Lipinski definition) is 3. The SMILES string of the molecule is O=C(O)c1ccc(-c2ccc(Cl)c(C(=O)O)c2)cn1. The van der Waals surface area contributed by atoms with Gasteiger partial charge in [0.15, 0.2) is 0 Å². The molecule has 0 aliphatic carbocycles. The van der Waals surface area contributed by atoms with Gasteiger partial charge in [-0.05, 0) is 23.8 Å². The van der Waals surface area contributed by atoms with Gasteiger partial charge >= 0.3 is 11.9 Å². The molecule has 5 nitrogen and oxygen atoms in total. The maximum atomic E-state index is 11.0. The van der Waals surface area contributed by atoms with E-state index in [1.807, 2.05) is 0 Å². The van der Waals surface area contributed by atoms with Crippen LogP contribution < -0.4 is 0 Å². The number of benzene rings is 1. The Bertz CT molecular complexity index is 652. The van der Waals surface area contributed by atoms with E-state index in [1.165, 1.54) is 24.4 Å². The van der Waals surface area contributed by atoms with Crippen LogP contribution in [0.15, 0.2) is 36.5 Å². The lowest BCUT2D eigenvalue weighted by atomic mass is 10.0. The third-order valence-electron chi connectivity index (χ3n) is 2.51. The molecule has 0 saturated heterocycles. The Hall–Kier alpha value is -2.40. The van der Waals surface area contributed by atoms with E-state index in [-0.39, 0.29) is 16.3 Å². The van der Waals surface area contributed by atoms with Gasteiger partial charge in [-0.15, -0.1) is 0 Å². The van der Waals surface area contributed by atoms with Gasteiger partial charge in [-0.3, -0.25) is 0 Å². The topological polar surface area (TPSA) is 87.5 Å². The Labute approximate surface area is 113 Å². The van der Waals surface area contributed by atoms with Crippen LogP contribution in [0.25, 0.3) is 11.1 Å². The maximum Gasteiger partial charge on any atom is 0.354 e. The van der Waals surface area contributed by atoms with Crippen LogP contribution in [0.5, 0.6) is 0 Å². The fourth-order valence-electron chi connectivity index (χ4n) is 1.56. The van der Waals surface area contributed by atoms with E-state index in [2.05, 4.69) is 4.98 Å². The molecule has 6 heteroatoms. The third-order valence-corrected chi connectivity index (χ3v) is 2.84. The molecule has 1 heterocycles. The molecule has 0 radical (unpaired) electrons. The molecule has 0 amide bonds. The van der Waals surface area contributed by atoms with Crippen molar-refractivity contribution in [3.05, 3.63) is 52.8 Å². The lowest BCUT2D eigenvalue weighted by Crippen LogP contribution is -2.00. The Kier molecular flexibility index (Phi) is 3.48. The summed E-state index contributed by atoms with van der Waals surface area (Å²) in [6.07, 6.45) is 1.37. The Morgan fingerprint density at radius 1 is 1.00 bits per heavy atom. The quantitative estimate of drug-likeness (QED) is 0.901. The van der Waals surface area contributed by atoms with Gasteiger partial charge in [-0.25, -0.2) is 14.6 Å². The molecule has 0 spiro atoms. The summed E-state index contributed by atoms with van der Waals surface area (Å²) in [6.45, 7) is 0.